The molecule has 0 bridgehead atoms. The van der Waals surface area contributed by atoms with E-state index in [0.29, 0.717) is 0 Å². The molecule has 0 amide bonds. The molecule has 0 fully saturated rings. The number of ether oxygens (including phenoxy) is 1. The van der Waals surface area contributed by atoms with Crippen LogP contribution in [0.25, 0.3) is 5.65 Å². The van der Waals surface area contributed by atoms with Gasteiger partial charge in [0, 0.05) is 37.5 Å². The third kappa shape index (κ3) is 2.82. The molecular formula is C19H21N3O. The first kappa shape index (κ1) is 14.3. The van der Waals surface area contributed by atoms with Gasteiger partial charge >= 0.3 is 0 Å². The van der Waals surface area contributed by atoms with Gasteiger partial charge in [-0.3, -0.25) is 0 Å². The number of benzene rings is 1. The second kappa shape index (κ2) is 5.39. The number of aromatic nitrogens is 2. The fourth-order valence-corrected chi connectivity index (χ4v) is 3.22. The van der Waals surface area contributed by atoms with Crippen molar-refractivity contribution in [3.8, 4) is 5.75 Å². The zero-order valence-electron chi connectivity index (χ0n) is 13.5. The van der Waals surface area contributed by atoms with Crippen molar-refractivity contribution in [2.75, 3.05) is 0 Å². The molecule has 4 nitrogen and oxygen atoms in total. The molecule has 1 N–H and O–H groups in total. The minimum atomic E-state index is -0.0972. The molecule has 3 aromatic rings. The molecule has 0 saturated carbocycles. The van der Waals surface area contributed by atoms with Crippen molar-refractivity contribution in [2.24, 2.45) is 0 Å². The van der Waals surface area contributed by atoms with Crippen molar-refractivity contribution < 1.29 is 4.74 Å². The lowest BCUT2D eigenvalue weighted by Gasteiger charge is -2.18. The lowest BCUT2D eigenvalue weighted by molar-refractivity contribution is 0.137. The van der Waals surface area contributed by atoms with Crippen molar-refractivity contribution in [3.63, 3.8) is 0 Å². The molecule has 4 rings (SSSR count). The summed E-state index contributed by atoms with van der Waals surface area (Å²) in [7, 11) is 0. The standard InChI is InChI=1S/C19H21N3O/c1-19(2)10-14-6-5-7-15(18(14)23-19)11-20-12-16-13-22-9-4-3-8-17(22)21-16/h3-9,13,20H,10-12H2,1-2H3. The van der Waals surface area contributed by atoms with Gasteiger partial charge in [0.05, 0.1) is 5.69 Å². The normalized spacial score (nSPS) is 15.6. The van der Waals surface area contributed by atoms with E-state index in [9.17, 15) is 0 Å². The van der Waals surface area contributed by atoms with Crippen LogP contribution in [0.2, 0.25) is 0 Å². The quantitative estimate of drug-likeness (QED) is 0.803. The number of fused-ring (bicyclic) bond motifs is 2. The maximum atomic E-state index is 6.12. The molecule has 0 radical (unpaired) electrons. The van der Waals surface area contributed by atoms with E-state index in [1.807, 2.05) is 28.8 Å². The largest absolute Gasteiger partial charge is 0.487 e. The summed E-state index contributed by atoms with van der Waals surface area (Å²) in [6, 6.07) is 12.5. The number of imidazole rings is 1. The number of nitrogens with one attached hydrogen (secondary N) is 1. The summed E-state index contributed by atoms with van der Waals surface area (Å²) in [6.45, 7) is 5.81. The number of hydrogen-bond donors (Lipinski definition) is 1. The Morgan fingerprint density at radius 1 is 1.17 bits per heavy atom. The summed E-state index contributed by atoms with van der Waals surface area (Å²) >= 11 is 0. The molecule has 0 atom stereocenters. The van der Waals surface area contributed by atoms with Crippen molar-refractivity contribution >= 4 is 5.65 Å². The average Bonchev–Trinajstić information content (AvgIpc) is 3.06. The molecule has 0 aliphatic carbocycles. The van der Waals surface area contributed by atoms with Crippen LogP contribution in [0, 0.1) is 0 Å². The summed E-state index contributed by atoms with van der Waals surface area (Å²) in [4.78, 5) is 4.61. The Bertz CT molecular complexity index is 818. The smallest absolute Gasteiger partial charge is 0.137 e. The van der Waals surface area contributed by atoms with Gasteiger partial charge in [-0.05, 0) is 31.5 Å². The highest BCUT2D eigenvalue weighted by Gasteiger charge is 2.31. The van der Waals surface area contributed by atoms with Crippen LogP contribution in [0.15, 0.2) is 48.8 Å². The third-order valence-electron chi connectivity index (χ3n) is 4.21. The molecule has 0 spiro atoms. The number of hydrogen-bond acceptors (Lipinski definition) is 3. The first-order valence-corrected chi connectivity index (χ1v) is 8.04. The van der Waals surface area contributed by atoms with E-state index in [-0.39, 0.29) is 5.60 Å². The fourth-order valence-electron chi connectivity index (χ4n) is 3.22. The molecule has 23 heavy (non-hydrogen) atoms. The van der Waals surface area contributed by atoms with Crippen molar-refractivity contribution in [2.45, 2.75) is 39.0 Å². The summed E-state index contributed by atoms with van der Waals surface area (Å²) in [5.41, 5.74) is 4.46. The predicted octanol–water partition coefficient (Wildman–Crippen LogP) is 3.34. The van der Waals surface area contributed by atoms with Crippen LogP contribution < -0.4 is 10.1 Å². The van der Waals surface area contributed by atoms with Crippen LogP contribution in [0.5, 0.6) is 5.75 Å². The van der Waals surface area contributed by atoms with Gasteiger partial charge in [0.2, 0.25) is 0 Å². The maximum absolute atomic E-state index is 6.12. The number of pyridine rings is 1. The van der Waals surface area contributed by atoms with Gasteiger partial charge in [-0.25, -0.2) is 4.98 Å². The molecule has 3 heterocycles. The zero-order valence-corrected chi connectivity index (χ0v) is 13.5. The molecule has 1 aliphatic rings. The van der Waals surface area contributed by atoms with Gasteiger partial charge in [0.25, 0.3) is 0 Å². The number of rotatable bonds is 4. The lowest BCUT2D eigenvalue weighted by Crippen LogP contribution is -2.25. The SMILES string of the molecule is CC1(C)Cc2cccc(CNCc3cn4ccccc4n3)c2O1. The number of nitrogens with zero attached hydrogens (tertiary/aromatic N) is 2. The van der Waals surface area contributed by atoms with Crippen molar-refractivity contribution in [1.29, 1.82) is 0 Å². The van der Waals surface area contributed by atoms with Gasteiger partial charge < -0.3 is 14.5 Å². The summed E-state index contributed by atoms with van der Waals surface area (Å²) < 4.78 is 8.16. The molecule has 2 aromatic heterocycles. The maximum Gasteiger partial charge on any atom is 0.137 e. The Hall–Kier alpha value is -2.33. The third-order valence-corrected chi connectivity index (χ3v) is 4.21. The van der Waals surface area contributed by atoms with Crippen LogP contribution in [0.4, 0.5) is 0 Å². The van der Waals surface area contributed by atoms with E-state index in [0.717, 1.165) is 36.6 Å². The predicted molar refractivity (Wildman–Crippen MR) is 90.6 cm³/mol. The molecule has 118 valence electrons. The monoisotopic (exact) mass is 307 g/mol. The minimum absolute atomic E-state index is 0.0972. The fraction of sp³-hybridized carbons (Fsp3) is 0.316. The van der Waals surface area contributed by atoms with E-state index in [1.165, 1.54) is 11.1 Å². The Morgan fingerprint density at radius 2 is 2.09 bits per heavy atom. The van der Waals surface area contributed by atoms with Gasteiger partial charge in [0.1, 0.15) is 17.0 Å². The van der Waals surface area contributed by atoms with Gasteiger partial charge in [-0.1, -0.05) is 24.3 Å². The van der Waals surface area contributed by atoms with Crippen molar-refractivity contribution in [3.05, 3.63) is 65.6 Å². The van der Waals surface area contributed by atoms with E-state index in [4.69, 9.17) is 4.74 Å². The Morgan fingerprint density at radius 3 is 2.96 bits per heavy atom. The minimum Gasteiger partial charge on any atom is -0.487 e. The number of para-hydroxylation sites is 1. The average molecular weight is 307 g/mol. The highest BCUT2D eigenvalue weighted by molar-refractivity contribution is 5.45. The molecule has 1 aromatic carbocycles. The Labute approximate surface area is 136 Å². The zero-order chi connectivity index (χ0) is 15.9. The molecule has 0 unspecified atom stereocenters. The lowest BCUT2D eigenvalue weighted by atomic mass is 10.0. The van der Waals surface area contributed by atoms with E-state index < -0.39 is 0 Å². The first-order valence-electron chi connectivity index (χ1n) is 8.04. The topological polar surface area (TPSA) is 38.6 Å². The van der Waals surface area contributed by atoms with E-state index in [2.05, 4.69) is 48.5 Å². The second-order valence-corrected chi connectivity index (χ2v) is 6.75. The highest BCUT2D eigenvalue weighted by atomic mass is 16.5. The molecule has 4 heteroatoms. The van der Waals surface area contributed by atoms with Crippen LogP contribution in [0.3, 0.4) is 0 Å². The Kier molecular flexibility index (Phi) is 3.34. The summed E-state index contributed by atoms with van der Waals surface area (Å²) in [5.74, 6) is 1.06. The van der Waals surface area contributed by atoms with E-state index in [1.54, 1.807) is 0 Å². The summed E-state index contributed by atoms with van der Waals surface area (Å²) in [5, 5.41) is 3.48. The first-order chi connectivity index (χ1) is 11.1. The van der Waals surface area contributed by atoms with Crippen LogP contribution in [0.1, 0.15) is 30.7 Å². The Balaban J connectivity index is 1.45. The molecular weight excluding hydrogens is 286 g/mol. The van der Waals surface area contributed by atoms with E-state index >= 15 is 0 Å². The van der Waals surface area contributed by atoms with Crippen molar-refractivity contribution in [1.82, 2.24) is 14.7 Å². The molecule has 1 aliphatic heterocycles. The van der Waals surface area contributed by atoms with Gasteiger partial charge in [-0.2, -0.15) is 0 Å². The van der Waals surface area contributed by atoms with Gasteiger partial charge in [0.15, 0.2) is 0 Å². The van der Waals surface area contributed by atoms with Crippen LogP contribution in [-0.4, -0.2) is 15.0 Å². The van der Waals surface area contributed by atoms with Crippen LogP contribution >= 0.6 is 0 Å². The second-order valence-electron chi connectivity index (χ2n) is 6.75. The summed E-state index contributed by atoms with van der Waals surface area (Å²) in [6.07, 6.45) is 5.06. The highest BCUT2D eigenvalue weighted by Crippen LogP contribution is 2.37. The van der Waals surface area contributed by atoms with Gasteiger partial charge in [-0.15, -0.1) is 0 Å². The van der Waals surface area contributed by atoms with Crippen LogP contribution in [-0.2, 0) is 19.5 Å². The molecule has 0 saturated heterocycles.